The van der Waals surface area contributed by atoms with E-state index in [0.29, 0.717) is 11.3 Å². The molecule has 5 nitrogen and oxygen atoms in total. The fourth-order valence-electron chi connectivity index (χ4n) is 2.07. The van der Waals surface area contributed by atoms with E-state index in [-0.39, 0.29) is 11.1 Å². The maximum absolute atomic E-state index is 12.4. The van der Waals surface area contributed by atoms with Crippen molar-refractivity contribution >= 4 is 38.5 Å². The third-order valence-corrected chi connectivity index (χ3v) is 3.57. The lowest BCUT2D eigenvalue weighted by Crippen LogP contribution is -2.21. The van der Waals surface area contributed by atoms with Crippen LogP contribution in [0.1, 0.15) is 10.4 Å². The summed E-state index contributed by atoms with van der Waals surface area (Å²) in [5.74, 6) is -0.416. The van der Waals surface area contributed by atoms with E-state index in [1.807, 2.05) is 24.3 Å². The number of rotatable bonds is 2. The van der Waals surface area contributed by atoms with Gasteiger partial charge in [0.1, 0.15) is 11.1 Å². The molecule has 3 aromatic rings. The second-order valence-electron chi connectivity index (χ2n) is 4.57. The number of anilines is 1. The molecule has 0 bridgehead atoms. The quantitative estimate of drug-likeness (QED) is 0.541. The van der Waals surface area contributed by atoms with E-state index in [1.165, 1.54) is 0 Å². The summed E-state index contributed by atoms with van der Waals surface area (Å²) in [4.78, 5) is 12.4. The second-order valence-corrected chi connectivity index (χ2v) is 5.48. The first kappa shape index (κ1) is 14.3. The lowest BCUT2D eigenvalue weighted by atomic mass is 10.1. The van der Waals surface area contributed by atoms with Crippen molar-refractivity contribution in [3.05, 3.63) is 70.2 Å². The molecule has 0 aliphatic heterocycles. The molecule has 2 aromatic carbocycles. The molecule has 0 saturated heterocycles. The Hall–Kier alpha value is -2.60. The number of hydrogen-bond donors (Lipinski definition) is 2. The Balaban J connectivity index is 2.03. The molecule has 0 radical (unpaired) electrons. The molecular formula is C16H11BrN2O3. The predicted octanol–water partition coefficient (Wildman–Crippen LogP) is 3.74. The molecule has 1 heterocycles. The molecule has 0 atom stereocenters. The number of benzene rings is 2. The molecule has 0 aliphatic rings. The van der Waals surface area contributed by atoms with Crippen molar-refractivity contribution in [3.8, 4) is 0 Å². The van der Waals surface area contributed by atoms with Gasteiger partial charge in [0.15, 0.2) is 0 Å². The van der Waals surface area contributed by atoms with E-state index in [2.05, 4.69) is 26.4 Å². The monoisotopic (exact) mass is 358 g/mol. The smallest absolute Gasteiger partial charge is 0.268 e. The standard InChI is InChI=1S/C16H11BrN2O3/c17-11-5-3-6-12(9-11)18-15(20)13-8-10-4-1-2-7-14(10)22-16(13)19-21/h1-9,21H,(H,18,20)/b19-16-. The minimum absolute atomic E-state index is 0.133. The highest BCUT2D eigenvalue weighted by Crippen LogP contribution is 2.17. The van der Waals surface area contributed by atoms with Crippen molar-refractivity contribution in [2.75, 3.05) is 5.32 Å². The Bertz CT molecular complexity index is 918. The highest BCUT2D eigenvalue weighted by molar-refractivity contribution is 9.10. The largest absolute Gasteiger partial charge is 0.435 e. The Kier molecular flexibility index (Phi) is 3.93. The Morgan fingerprint density at radius 2 is 1.95 bits per heavy atom. The van der Waals surface area contributed by atoms with Crippen LogP contribution in [0.4, 0.5) is 5.69 Å². The van der Waals surface area contributed by atoms with Gasteiger partial charge in [-0.2, -0.15) is 0 Å². The molecule has 6 heteroatoms. The zero-order valence-corrected chi connectivity index (χ0v) is 12.9. The van der Waals surface area contributed by atoms with Gasteiger partial charge in [-0.15, -0.1) is 0 Å². The lowest BCUT2D eigenvalue weighted by Gasteiger charge is -2.06. The summed E-state index contributed by atoms with van der Waals surface area (Å²) < 4.78 is 6.29. The molecule has 0 aliphatic carbocycles. The fraction of sp³-hybridized carbons (Fsp3) is 0. The maximum atomic E-state index is 12.4. The average Bonchev–Trinajstić information content (AvgIpc) is 2.53. The minimum atomic E-state index is -0.416. The van der Waals surface area contributed by atoms with Crippen molar-refractivity contribution in [1.82, 2.24) is 0 Å². The van der Waals surface area contributed by atoms with Gasteiger partial charge in [-0.3, -0.25) is 4.79 Å². The van der Waals surface area contributed by atoms with Gasteiger partial charge in [-0.25, -0.2) is 0 Å². The Morgan fingerprint density at radius 1 is 1.14 bits per heavy atom. The van der Waals surface area contributed by atoms with Gasteiger partial charge >= 0.3 is 0 Å². The van der Waals surface area contributed by atoms with E-state index in [9.17, 15) is 4.79 Å². The van der Waals surface area contributed by atoms with Crippen LogP contribution in [0.2, 0.25) is 0 Å². The summed E-state index contributed by atoms with van der Waals surface area (Å²) >= 11 is 3.34. The van der Waals surface area contributed by atoms with Crippen molar-refractivity contribution in [2.24, 2.45) is 5.16 Å². The number of nitrogens with zero attached hydrogens (tertiary/aromatic N) is 1. The Labute approximate surface area is 134 Å². The zero-order valence-electron chi connectivity index (χ0n) is 11.3. The summed E-state index contributed by atoms with van der Waals surface area (Å²) in [6.07, 6.45) is 0. The van der Waals surface area contributed by atoms with Crippen LogP contribution in [0.15, 0.2) is 68.6 Å². The third kappa shape index (κ3) is 2.87. The highest BCUT2D eigenvalue weighted by Gasteiger charge is 2.13. The van der Waals surface area contributed by atoms with Crippen LogP contribution in [0.3, 0.4) is 0 Å². The van der Waals surface area contributed by atoms with Crippen molar-refractivity contribution < 1.29 is 14.4 Å². The zero-order chi connectivity index (χ0) is 15.5. The molecular weight excluding hydrogens is 348 g/mol. The van der Waals surface area contributed by atoms with Crippen molar-refractivity contribution in [2.45, 2.75) is 0 Å². The van der Waals surface area contributed by atoms with Crippen molar-refractivity contribution in [3.63, 3.8) is 0 Å². The number of amides is 1. The summed E-state index contributed by atoms with van der Waals surface area (Å²) in [6, 6.07) is 16.0. The number of nitrogens with one attached hydrogen (secondary N) is 1. The van der Waals surface area contributed by atoms with Crippen LogP contribution < -0.4 is 10.9 Å². The van der Waals surface area contributed by atoms with Gasteiger partial charge in [0.25, 0.3) is 11.5 Å². The first-order valence-electron chi connectivity index (χ1n) is 6.45. The number of carbonyl (C=O) groups excluding carboxylic acids is 1. The molecule has 0 fully saturated rings. The van der Waals surface area contributed by atoms with Crippen LogP contribution in [0, 0.1) is 0 Å². The number of fused-ring (bicyclic) bond motifs is 1. The van der Waals surface area contributed by atoms with Gasteiger partial charge in [0.2, 0.25) is 0 Å². The molecule has 3 rings (SSSR count). The highest BCUT2D eigenvalue weighted by atomic mass is 79.9. The molecule has 0 spiro atoms. The van der Waals surface area contributed by atoms with E-state index < -0.39 is 5.91 Å². The van der Waals surface area contributed by atoms with Gasteiger partial charge < -0.3 is 14.9 Å². The van der Waals surface area contributed by atoms with Gasteiger partial charge in [-0.05, 0) is 35.5 Å². The van der Waals surface area contributed by atoms with E-state index >= 15 is 0 Å². The van der Waals surface area contributed by atoms with E-state index in [0.717, 1.165) is 9.86 Å². The minimum Gasteiger partial charge on any atom is -0.435 e. The van der Waals surface area contributed by atoms with E-state index in [1.54, 1.807) is 30.3 Å². The van der Waals surface area contributed by atoms with E-state index in [4.69, 9.17) is 9.62 Å². The van der Waals surface area contributed by atoms with Gasteiger partial charge in [-0.1, -0.05) is 40.2 Å². The first-order chi connectivity index (χ1) is 10.7. The first-order valence-corrected chi connectivity index (χ1v) is 7.24. The summed E-state index contributed by atoms with van der Waals surface area (Å²) in [5, 5.41) is 15.6. The second kappa shape index (κ2) is 6.03. The normalized spacial score (nSPS) is 11.6. The SMILES string of the molecule is O=C(Nc1cccc(Br)c1)c1cc2ccccc2o/c1=N\O. The van der Waals surface area contributed by atoms with Crippen LogP contribution in [-0.4, -0.2) is 11.1 Å². The topological polar surface area (TPSA) is 74.8 Å². The maximum Gasteiger partial charge on any atom is 0.268 e. The van der Waals surface area contributed by atoms with Crippen LogP contribution >= 0.6 is 15.9 Å². The van der Waals surface area contributed by atoms with Crippen LogP contribution in [-0.2, 0) is 0 Å². The lowest BCUT2D eigenvalue weighted by molar-refractivity contribution is 0.102. The molecule has 0 saturated carbocycles. The molecule has 0 unspecified atom stereocenters. The molecule has 1 aromatic heterocycles. The summed E-state index contributed by atoms with van der Waals surface area (Å²) in [7, 11) is 0. The number of hydrogen-bond acceptors (Lipinski definition) is 4. The summed E-state index contributed by atoms with van der Waals surface area (Å²) in [6.45, 7) is 0. The Morgan fingerprint density at radius 3 is 2.73 bits per heavy atom. The van der Waals surface area contributed by atoms with Crippen LogP contribution in [0.5, 0.6) is 0 Å². The van der Waals surface area contributed by atoms with Gasteiger partial charge in [0, 0.05) is 15.5 Å². The van der Waals surface area contributed by atoms with Crippen LogP contribution in [0.25, 0.3) is 11.0 Å². The molecule has 22 heavy (non-hydrogen) atoms. The third-order valence-electron chi connectivity index (χ3n) is 3.07. The molecule has 110 valence electrons. The van der Waals surface area contributed by atoms with Gasteiger partial charge in [0.05, 0.1) is 0 Å². The average molecular weight is 359 g/mol. The number of halogens is 1. The predicted molar refractivity (Wildman–Crippen MR) is 85.7 cm³/mol. The molecule has 1 amide bonds. The fourth-order valence-corrected chi connectivity index (χ4v) is 2.47. The number of para-hydroxylation sites is 1. The van der Waals surface area contributed by atoms with Crippen molar-refractivity contribution in [1.29, 1.82) is 0 Å². The molecule has 2 N–H and O–H groups in total. The number of carbonyl (C=O) groups is 1. The summed E-state index contributed by atoms with van der Waals surface area (Å²) in [5.41, 5.74) is 1.18.